The standard InChI is InChI=1S/C11H8ClF2NO3/c12-5-1-10(16)15(4-5)9-3-7(13)6(11(17)18)2-8(9)14/h2-3,5H,1,4H2,(H,17,18). The monoisotopic (exact) mass is 275 g/mol. The molecular formula is C11H8ClF2NO3. The number of carbonyl (C=O) groups is 2. The van der Waals surface area contributed by atoms with Crippen molar-refractivity contribution in [1.29, 1.82) is 0 Å². The van der Waals surface area contributed by atoms with Crippen LogP contribution in [0, 0.1) is 11.6 Å². The van der Waals surface area contributed by atoms with Gasteiger partial charge in [-0.15, -0.1) is 11.6 Å². The largest absolute Gasteiger partial charge is 0.478 e. The first kappa shape index (κ1) is 12.8. The Hall–Kier alpha value is -1.69. The summed E-state index contributed by atoms with van der Waals surface area (Å²) in [4.78, 5) is 23.1. The number of alkyl halides is 1. The van der Waals surface area contributed by atoms with Gasteiger partial charge in [0.05, 0.1) is 16.6 Å². The number of halogens is 3. The number of aromatic carboxylic acids is 1. The average molecular weight is 276 g/mol. The van der Waals surface area contributed by atoms with Gasteiger partial charge in [-0.3, -0.25) is 4.79 Å². The van der Waals surface area contributed by atoms with Crippen molar-refractivity contribution in [3.05, 3.63) is 29.3 Å². The smallest absolute Gasteiger partial charge is 0.338 e. The second-order valence-corrected chi connectivity index (χ2v) is 4.51. The van der Waals surface area contributed by atoms with Crippen LogP contribution in [0.5, 0.6) is 0 Å². The number of rotatable bonds is 2. The van der Waals surface area contributed by atoms with Crippen LogP contribution in [0.15, 0.2) is 12.1 Å². The maximum atomic E-state index is 13.7. The molecule has 0 saturated carbocycles. The summed E-state index contributed by atoms with van der Waals surface area (Å²) in [5.74, 6) is -4.05. The van der Waals surface area contributed by atoms with Gasteiger partial charge in [0.15, 0.2) is 0 Å². The molecule has 1 unspecified atom stereocenters. The molecule has 0 spiro atoms. The molecule has 0 aromatic heterocycles. The molecule has 18 heavy (non-hydrogen) atoms. The zero-order chi connectivity index (χ0) is 13.4. The number of nitrogens with zero attached hydrogens (tertiary/aromatic N) is 1. The van der Waals surface area contributed by atoms with Gasteiger partial charge >= 0.3 is 5.97 Å². The molecule has 4 nitrogen and oxygen atoms in total. The third-order valence-electron chi connectivity index (χ3n) is 2.64. The minimum atomic E-state index is -1.57. The van der Waals surface area contributed by atoms with Gasteiger partial charge in [0, 0.05) is 19.0 Å². The fourth-order valence-electron chi connectivity index (χ4n) is 1.80. The molecular weight excluding hydrogens is 268 g/mol. The maximum Gasteiger partial charge on any atom is 0.338 e. The Morgan fingerprint density at radius 3 is 2.56 bits per heavy atom. The molecule has 2 rings (SSSR count). The third-order valence-corrected chi connectivity index (χ3v) is 2.93. The van der Waals surface area contributed by atoms with Gasteiger partial charge in [-0.25, -0.2) is 13.6 Å². The third kappa shape index (κ3) is 2.15. The normalized spacial score (nSPS) is 19.4. The van der Waals surface area contributed by atoms with Crippen LogP contribution in [0.25, 0.3) is 0 Å². The van der Waals surface area contributed by atoms with E-state index in [9.17, 15) is 18.4 Å². The number of anilines is 1. The molecule has 1 aliphatic heterocycles. The van der Waals surface area contributed by atoms with Gasteiger partial charge in [-0.2, -0.15) is 0 Å². The Bertz CT molecular complexity index is 535. The lowest BCUT2D eigenvalue weighted by Crippen LogP contribution is -2.26. The Balaban J connectivity index is 2.44. The number of hydrogen-bond acceptors (Lipinski definition) is 2. The minimum Gasteiger partial charge on any atom is -0.478 e. The molecule has 0 aliphatic carbocycles. The minimum absolute atomic E-state index is 0.0449. The molecule has 1 aliphatic rings. The Kier molecular flexibility index (Phi) is 3.21. The molecule has 1 fully saturated rings. The van der Waals surface area contributed by atoms with Crippen LogP contribution in [0.2, 0.25) is 0 Å². The summed E-state index contributed by atoms with van der Waals surface area (Å²) in [7, 11) is 0. The van der Waals surface area contributed by atoms with Gasteiger partial charge in [0.25, 0.3) is 0 Å². The first-order valence-corrected chi connectivity index (χ1v) is 5.50. The van der Waals surface area contributed by atoms with Crippen molar-refractivity contribution in [1.82, 2.24) is 0 Å². The lowest BCUT2D eigenvalue weighted by molar-refractivity contribution is -0.117. The second kappa shape index (κ2) is 4.53. The zero-order valence-corrected chi connectivity index (χ0v) is 9.75. The fraction of sp³-hybridized carbons (Fsp3) is 0.273. The Morgan fingerprint density at radius 2 is 2.06 bits per heavy atom. The molecule has 0 bridgehead atoms. The summed E-state index contributed by atoms with van der Waals surface area (Å²) in [6.45, 7) is 0.0726. The predicted molar refractivity (Wildman–Crippen MR) is 59.9 cm³/mol. The summed E-state index contributed by atoms with van der Waals surface area (Å²) in [5, 5.41) is 8.17. The van der Waals surface area contributed by atoms with E-state index in [1.54, 1.807) is 0 Å². The highest BCUT2D eigenvalue weighted by molar-refractivity contribution is 6.24. The van der Waals surface area contributed by atoms with Crippen LogP contribution in [0.3, 0.4) is 0 Å². The zero-order valence-electron chi connectivity index (χ0n) is 8.99. The van der Waals surface area contributed by atoms with E-state index in [2.05, 4.69) is 0 Å². The van der Waals surface area contributed by atoms with Crippen LogP contribution in [0.1, 0.15) is 16.8 Å². The van der Waals surface area contributed by atoms with Gasteiger partial charge in [0.2, 0.25) is 5.91 Å². The molecule has 1 amide bonds. The summed E-state index contributed by atoms with van der Waals surface area (Å²) in [6.07, 6.45) is 0.0449. The van der Waals surface area contributed by atoms with Crippen LogP contribution in [0.4, 0.5) is 14.5 Å². The van der Waals surface area contributed by atoms with E-state index in [1.165, 1.54) is 0 Å². The molecule has 7 heteroatoms. The topological polar surface area (TPSA) is 57.6 Å². The number of carboxylic acids is 1. The van der Waals surface area contributed by atoms with E-state index in [-0.39, 0.29) is 18.7 Å². The highest BCUT2D eigenvalue weighted by atomic mass is 35.5. The lowest BCUT2D eigenvalue weighted by Gasteiger charge is -2.17. The van der Waals surface area contributed by atoms with Gasteiger partial charge in [-0.1, -0.05) is 0 Å². The maximum absolute atomic E-state index is 13.7. The van der Waals surface area contributed by atoms with Gasteiger partial charge < -0.3 is 10.0 Å². The molecule has 0 radical (unpaired) electrons. The lowest BCUT2D eigenvalue weighted by atomic mass is 10.1. The first-order chi connectivity index (χ1) is 8.40. The van der Waals surface area contributed by atoms with E-state index < -0.39 is 34.5 Å². The van der Waals surface area contributed by atoms with Crippen molar-refractivity contribution in [3.63, 3.8) is 0 Å². The van der Waals surface area contributed by atoms with Crippen LogP contribution >= 0.6 is 11.6 Å². The molecule has 96 valence electrons. The predicted octanol–water partition coefficient (Wildman–Crippen LogP) is 2.01. The van der Waals surface area contributed by atoms with Crippen LogP contribution in [-0.2, 0) is 4.79 Å². The highest BCUT2D eigenvalue weighted by Gasteiger charge is 2.31. The fourth-order valence-corrected chi connectivity index (χ4v) is 2.07. The molecule has 1 saturated heterocycles. The van der Waals surface area contributed by atoms with Gasteiger partial charge in [-0.05, 0) is 6.07 Å². The summed E-state index contributed by atoms with van der Waals surface area (Å²) in [6, 6.07) is 1.26. The Morgan fingerprint density at radius 1 is 1.39 bits per heavy atom. The van der Waals surface area contributed by atoms with E-state index in [1.807, 2.05) is 0 Å². The van der Waals surface area contributed by atoms with E-state index in [0.717, 1.165) is 4.90 Å². The summed E-state index contributed by atoms with van der Waals surface area (Å²) >= 11 is 5.75. The van der Waals surface area contributed by atoms with E-state index in [0.29, 0.717) is 12.1 Å². The summed E-state index contributed by atoms with van der Waals surface area (Å²) in [5.41, 5.74) is -1.06. The molecule has 1 aromatic rings. The SMILES string of the molecule is O=C(O)c1cc(F)c(N2CC(Cl)CC2=O)cc1F. The molecule has 1 aromatic carbocycles. The van der Waals surface area contributed by atoms with Crippen molar-refractivity contribution in [2.75, 3.05) is 11.4 Å². The van der Waals surface area contributed by atoms with E-state index in [4.69, 9.17) is 16.7 Å². The second-order valence-electron chi connectivity index (χ2n) is 3.89. The van der Waals surface area contributed by atoms with Crippen LogP contribution < -0.4 is 4.90 Å². The molecule has 1 heterocycles. The van der Waals surface area contributed by atoms with E-state index >= 15 is 0 Å². The van der Waals surface area contributed by atoms with Crippen molar-refractivity contribution in [3.8, 4) is 0 Å². The summed E-state index contributed by atoms with van der Waals surface area (Å²) < 4.78 is 27.1. The van der Waals surface area contributed by atoms with Crippen LogP contribution in [-0.4, -0.2) is 28.9 Å². The quantitative estimate of drug-likeness (QED) is 0.840. The van der Waals surface area contributed by atoms with Gasteiger partial charge in [0.1, 0.15) is 11.6 Å². The van der Waals surface area contributed by atoms with Crippen molar-refractivity contribution in [2.45, 2.75) is 11.8 Å². The average Bonchev–Trinajstić information content (AvgIpc) is 2.60. The first-order valence-electron chi connectivity index (χ1n) is 5.07. The molecule has 1 N–H and O–H groups in total. The molecule has 1 atom stereocenters. The van der Waals surface area contributed by atoms with Crippen molar-refractivity contribution < 1.29 is 23.5 Å². The highest BCUT2D eigenvalue weighted by Crippen LogP contribution is 2.28. The number of amides is 1. The van der Waals surface area contributed by atoms with Crippen molar-refractivity contribution in [2.24, 2.45) is 0 Å². The number of carboxylic acid groups (broad SMARTS) is 1. The number of hydrogen-bond donors (Lipinski definition) is 1. The number of carbonyl (C=O) groups excluding carboxylic acids is 1. The number of benzene rings is 1. The van der Waals surface area contributed by atoms with Crippen molar-refractivity contribution >= 4 is 29.2 Å². The Labute approximate surface area is 106 Å².